The average molecular weight is 345 g/mol. The fraction of sp³-hybridized carbons (Fsp3) is 0.533. The first-order valence-electron chi connectivity index (χ1n) is 6.98. The monoisotopic (exact) mass is 344 g/mol. The van der Waals surface area contributed by atoms with E-state index >= 15 is 0 Å². The largest absolute Gasteiger partial charge is 0.490 e. The summed E-state index contributed by atoms with van der Waals surface area (Å²) in [5, 5.41) is 2.67. The molecule has 0 fully saturated rings. The Morgan fingerprint density at radius 3 is 2.61 bits per heavy atom. The molecule has 0 aliphatic rings. The highest BCUT2D eigenvalue weighted by atomic mass is 35.5. The molecule has 0 aliphatic carbocycles. The van der Waals surface area contributed by atoms with E-state index in [1.807, 2.05) is 0 Å². The van der Waals surface area contributed by atoms with Gasteiger partial charge in [-0.1, -0.05) is 11.6 Å². The van der Waals surface area contributed by atoms with Gasteiger partial charge in [0.05, 0.1) is 19.3 Å². The number of alkyl carbamates (subject to hydrolysis) is 1. The van der Waals surface area contributed by atoms with Crippen LogP contribution in [0.1, 0.15) is 38.1 Å². The Morgan fingerprint density at radius 2 is 2.04 bits per heavy atom. The van der Waals surface area contributed by atoms with Gasteiger partial charge in [-0.3, -0.25) is 0 Å². The van der Waals surface area contributed by atoms with Gasteiger partial charge in [0, 0.05) is 0 Å². The second kappa shape index (κ2) is 8.01. The fourth-order valence-corrected chi connectivity index (χ4v) is 1.71. The fourth-order valence-electron chi connectivity index (χ4n) is 1.53. The van der Waals surface area contributed by atoms with E-state index in [0.717, 1.165) is 0 Å². The van der Waals surface area contributed by atoms with Crippen molar-refractivity contribution in [2.24, 2.45) is 0 Å². The molecule has 8 heteroatoms. The zero-order chi connectivity index (χ0) is 17.6. The molecule has 1 N–H and O–H groups in total. The molecule has 1 amide bonds. The number of rotatable bonds is 5. The van der Waals surface area contributed by atoms with Crippen LogP contribution in [0.2, 0.25) is 5.15 Å². The van der Waals surface area contributed by atoms with E-state index in [0.29, 0.717) is 5.75 Å². The van der Waals surface area contributed by atoms with Crippen LogP contribution in [0.3, 0.4) is 0 Å². The number of pyridine rings is 1. The number of nitrogens with zero attached hydrogens (tertiary/aromatic N) is 1. The Labute approximate surface area is 140 Å². The van der Waals surface area contributed by atoms with Crippen LogP contribution in [-0.4, -0.2) is 42.4 Å². The van der Waals surface area contributed by atoms with Gasteiger partial charge in [-0.05, 0) is 33.8 Å². The molecule has 7 nitrogen and oxygen atoms in total. The third kappa shape index (κ3) is 6.73. The number of nitrogens with one attached hydrogen (secondary N) is 1. The van der Waals surface area contributed by atoms with Crippen molar-refractivity contribution in [3.63, 3.8) is 0 Å². The van der Waals surface area contributed by atoms with Crippen LogP contribution < -0.4 is 10.1 Å². The summed E-state index contributed by atoms with van der Waals surface area (Å²) < 4.78 is 15.2. The van der Waals surface area contributed by atoms with E-state index in [1.165, 1.54) is 19.4 Å². The minimum atomic E-state index is -0.604. The van der Waals surface area contributed by atoms with E-state index in [1.54, 1.807) is 27.7 Å². The van der Waals surface area contributed by atoms with Crippen LogP contribution in [0.25, 0.3) is 0 Å². The minimum Gasteiger partial charge on any atom is -0.490 e. The number of halogens is 1. The lowest BCUT2D eigenvalue weighted by molar-refractivity contribution is 0.0493. The molecule has 0 saturated heterocycles. The lowest BCUT2D eigenvalue weighted by atomic mass is 10.2. The summed E-state index contributed by atoms with van der Waals surface area (Å²) in [7, 11) is 1.25. The smallest absolute Gasteiger partial charge is 0.407 e. The van der Waals surface area contributed by atoms with Crippen LogP contribution in [0.4, 0.5) is 4.79 Å². The minimum absolute atomic E-state index is 0.0316. The number of hydrogen-bond acceptors (Lipinski definition) is 6. The Balaban J connectivity index is 2.58. The summed E-state index contributed by atoms with van der Waals surface area (Å²) in [6.45, 7) is 7.27. The zero-order valence-electron chi connectivity index (χ0n) is 13.8. The van der Waals surface area contributed by atoms with Crippen molar-refractivity contribution in [3.8, 4) is 5.75 Å². The first-order chi connectivity index (χ1) is 10.6. The number of carbonyl (C=O) groups excluding carboxylic acids is 2. The quantitative estimate of drug-likeness (QED) is 0.653. The topological polar surface area (TPSA) is 86.8 Å². The number of aromatic nitrogens is 1. The number of carbonyl (C=O) groups is 2. The molecule has 1 aromatic rings. The second-order valence-electron chi connectivity index (χ2n) is 5.86. The molecule has 0 aromatic carbocycles. The van der Waals surface area contributed by atoms with Crippen LogP contribution in [0, 0.1) is 0 Å². The lowest BCUT2D eigenvalue weighted by Gasteiger charge is -2.22. The van der Waals surface area contributed by atoms with Gasteiger partial charge in [-0.2, -0.15) is 0 Å². The molecular formula is C15H21ClN2O5. The highest BCUT2D eigenvalue weighted by Gasteiger charge is 2.18. The molecule has 0 aliphatic heterocycles. The summed E-state index contributed by atoms with van der Waals surface area (Å²) in [5.41, 5.74) is -0.459. The van der Waals surface area contributed by atoms with Crippen LogP contribution in [0.15, 0.2) is 12.3 Å². The predicted molar refractivity (Wildman–Crippen MR) is 84.9 cm³/mol. The molecule has 1 atom stereocenters. The Kier molecular flexibility index (Phi) is 6.62. The van der Waals surface area contributed by atoms with Crippen LogP contribution in [-0.2, 0) is 9.47 Å². The highest BCUT2D eigenvalue weighted by Crippen LogP contribution is 2.20. The van der Waals surface area contributed by atoms with Crippen molar-refractivity contribution >= 4 is 23.7 Å². The molecule has 23 heavy (non-hydrogen) atoms. The average Bonchev–Trinajstić information content (AvgIpc) is 2.43. The van der Waals surface area contributed by atoms with Crippen molar-refractivity contribution < 1.29 is 23.8 Å². The molecule has 1 unspecified atom stereocenters. The van der Waals surface area contributed by atoms with Gasteiger partial charge >= 0.3 is 12.1 Å². The van der Waals surface area contributed by atoms with Crippen molar-refractivity contribution in [3.05, 3.63) is 23.0 Å². The van der Waals surface area contributed by atoms with E-state index in [-0.39, 0.29) is 23.4 Å². The third-order valence-electron chi connectivity index (χ3n) is 2.48. The molecule has 1 aromatic heterocycles. The molecule has 0 spiro atoms. The maximum absolute atomic E-state index is 11.6. The molecule has 0 saturated carbocycles. The van der Waals surface area contributed by atoms with Crippen molar-refractivity contribution in [1.29, 1.82) is 0 Å². The predicted octanol–water partition coefficient (Wildman–Crippen LogP) is 2.81. The number of esters is 1. The Bertz CT molecular complexity index is 571. The summed E-state index contributed by atoms with van der Waals surface area (Å²) in [6, 6.07) is 1.13. The van der Waals surface area contributed by atoms with E-state index < -0.39 is 17.7 Å². The van der Waals surface area contributed by atoms with E-state index in [2.05, 4.69) is 15.0 Å². The van der Waals surface area contributed by atoms with Gasteiger partial charge in [-0.15, -0.1) is 0 Å². The summed E-state index contributed by atoms with van der Waals surface area (Å²) >= 11 is 5.82. The standard InChI is InChI=1S/C15H21ClN2O5/c1-9(18-14(20)23-15(2,3)4)8-22-10-6-11(13(19)21-5)12(16)17-7-10/h6-7,9H,8H2,1-5H3,(H,18,20). The van der Waals surface area contributed by atoms with Gasteiger partial charge in [0.15, 0.2) is 0 Å². The SMILES string of the molecule is COC(=O)c1cc(OCC(C)NC(=O)OC(C)(C)C)cnc1Cl. The van der Waals surface area contributed by atoms with Crippen molar-refractivity contribution in [2.75, 3.05) is 13.7 Å². The molecular weight excluding hydrogens is 324 g/mol. The molecule has 0 bridgehead atoms. The van der Waals surface area contributed by atoms with Gasteiger partial charge < -0.3 is 19.5 Å². The van der Waals surface area contributed by atoms with E-state index in [9.17, 15) is 9.59 Å². The molecule has 1 heterocycles. The summed E-state index contributed by atoms with van der Waals surface area (Å²) in [4.78, 5) is 27.0. The molecule has 128 valence electrons. The third-order valence-corrected chi connectivity index (χ3v) is 2.78. The zero-order valence-corrected chi connectivity index (χ0v) is 14.6. The van der Waals surface area contributed by atoms with Crippen LogP contribution >= 0.6 is 11.6 Å². The summed E-state index contributed by atoms with van der Waals surface area (Å²) in [5.74, 6) is -0.263. The maximum atomic E-state index is 11.6. The first kappa shape index (κ1) is 19.0. The number of hydrogen-bond donors (Lipinski definition) is 1. The van der Waals surface area contributed by atoms with Crippen molar-refractivity contribution in [2.45, 2.75) is 39.3 Å². The second-order valence-corrected chi connectivity index (χ2v) is 6.22. The Hall–Kier alpha value is -2.02. The molecule has 0 radical (unpaired) electrons. The lowest BCUT2D eigenvalue weighted by Crippen LogP contribution is -2.40. The number of methoxy groups -OCH3 is 1. The van der Waals surface area contributed by atoms with E-state index in [4.69, 9.17) is 21.1 Å². The van der Waals surface area contributed by atoms with Gasteiger partial charge in [0.1, 0.15) is 28.7 Å². The number of amides is 1. The summed E-state index contributed by atoms with van der Waals surface area (Å²) in [6.07, 6.45) is 0.854. The Morgan fingerprint density at radius 1 is 1.39 bits per heavy atom. The van der Waals surface area contributed by atoms with Crippen LogP contribution in [0.5, 0.6) is 5.75 Å². The van der Waals surface area contributed by atoms with Crippen molar-refractivity contribution in [1.82, 2.24) is 10.3 Å². The maximum Gasteiger partial charge on any atom is 0.407 e. The highest BCUT2D eigenvalue weighted by molar-refractivity contribution is 6.32. The molecule has 1 rings (SSSR count). The van der Waals surface area contributed by atoms with Gasteiger partial charge in [0.2, 0.25) is 0 Å². The normalized spacial score (nSPS) is 12.3. The van der Waals surface area contributed by atoms with Gasteiger partial charge in [0.25, 0.3) is 0 Å². The first-order valence-corrected chi connectivity index (χ1v) is 7.36. The van der Waals surface area contributed by atoms with Gasteiger partial charge in [-0.25, -0.2) is 14.6 Å². The number of ether oxygens (including phenoxy) is 3.